The standard InChI is InChI=1S/C29H27N3O3/c1-18(2)16-31-25(15-30)26(20-8-4-3-5-9-20)24-14-19(12-13-23(24)27(31)33)17-32-28(34)21-10-6-7-11-22(21)29(32)35/h3-14,18H,15-17,30H2,1-2H3. The number of imide groups is 1. The first kappa shape index (κ1) is 22.7. The van der Waals surface area contributed by atoms with Gasteiger partial charge in [0.15, 0.2) is 0 Å². The van der Waals surface area contributed by atoms with Crippen LogP contribution in [-0.2, 0) is 19.6 Å². The molecule has 1 aliphatic heterocycles. The smallest absolute Gasteiger partial charge is 0.261 e. The highest BCUT2D eigenvalue weighted by molar-refractivity contribution is 6.21. The maximum atomic E-state index is 13.5. The van der Waals surface area contributed by atoms with E-state index in [0.29, 0.717) is 23.1 Å². The zero-order valence-electron chi connectivity index (χ0n) is 19.8. The van der Waals surface area contributed by atoms with Crippen molar-refractivity contribution in [3.8, 4) is 11.1 Å². The molecule has 35 heavy (non-hydrogen) atoms. The van der Waals surface area contributed by atoms with Gasteiger partial charge in [0, 0.05) is 29.7 Å². The third-order valence-corrected chi connectivity index (χ3v) is 6.47. The highest BCUT2D eigenvalue weighted by atomic mass is 16.2. The Bertz CT molecular complexity index is 1480. The van der Waals surface area contributed by atoms with Crippen LogP contribution < -0.4 is 11.3 Å². The van der Waals surface area contributed by atoms with Gasteiger partial charge in [0.25, 0.3) is 17.4 Å². The number of pyridine rings is 1. The number of nitrogens with zero attached hydrogens (tertiary/aromatic N) is 2. The lowest BCUT2D eigenvalue weighted by Crippen LogP contribution is -2.30. The molecule has 2 N–H and O–H groups in total. The second kappa shape index (κ2) is 8.96. The minimum atomic E-state index is -0.302. The van der Waals surface area contributed by atoms with Crippen LogP contribution in [0.1, 0.15) is 45.8 Å². The summed E-state index contributed by atoms with van der Waals surface area (Å²) in [6.07, 6.45) is 0. The SMILES string of the molecule is CC(C)Cn1c(CN)c(-c2ccccc2)c2cc(CN3C(=O)c4ccccc4C3=O)ccc2c1=O. The van der Waals surface area contributed by atoms with Gasteiger partial charge in [-0.2, -0.15) is 0 Å². The molecule has 4 aromatic rings. The Labute approximate surface area is 203 Å². The lowest BCUT2D eigenvalue weighted by molar-refractivity contribution is 0.0642. The maximum absolute atomic E-state index is 13.5. The summed E-state index contributed by atoms with van der Waals surface area (Å²) in [6, 6.07) is 22.3. The van der Waals surface area contributed by atoms with Gasteiger partial charge in [0.1, 0.15) is 0 Å². The summed E-state index contributed by atoms with van der Waals surface area (Å²) in [5.41, 5.74) is 10.4. The molecule has 0 unspecified atom stereocenters. The van der Waals surface area contributed by atoms with Gasteiger partial charge in [-0.15, -0.1) is 0 Å². The van der Waals surface area contributed by atoms with E-state index in [1.807, 2.05) is 42.5 Å². The Morgan fingerprint density at radius 2 is 1.43 bits per heavy atom. The molecule has 1 aromatic heterocycles. The average Bonchev–Trinajstić information content (AvgIpc) is 3.10. The molecular weight excluding hydrogens is 438 g/mol. The second-order valence-electron chi connectivity index (χ2n) is 9.32. The number of amides is 2. The zero-order chi connectivity index (χ0) is 24.7. The molecule has 0 atom stereocenters. The molecule has 1 aliphatic rings. The van der Waals surface area contributed by atoms with Crippen LogP contribution in [0.25, 0.3) is 21.9 Å². The number of benzene rings is 3. The van der Waals surface area contributed by atoms with E-state index < -0.39 is 0 Å². The lowest BCUT2D eigenvalue weighted by Gasteiger charge is -2.21. The predicted molar refractivity (Wildman–Crippen MR) is 137 cm³/mol. The number of hydrogen-bond donors (Lipinski definition) is 1. The third kappa shape index (κ3) is 3.86. The first-order valence-electron chi connectivity index (χ1n) is 11.8. The molecule has 2 amide bonds. The van der Waals surface area contributed by atoms with E-state index in [1.54, 1.807) is 34.9 Å². The summed E-state index contributed by atoms with van der Waals surface area (Å²) < 4.78 is 1.79. The number of hydrogen-bond acceptors (Lipinski definition) is 4. The summed E-state index contributed by atoms with van der Waals surface area (Å²) >= 11 is 0. The Morgan fingerprint density at radius 1 is 0.800 bits per heavy atom. The van der Waals surface area contributed by atoms with Crippen molar-refractivity contribution in [2.24, 2.45) is 11.7 Å². The molecular formula is C29H27N3O3. The minimum Gasteiger partial charge on any atom is -0.325 e. The molecule has 0 saturated heterocycles. The average molecular weight is 466 g/mol. The molecule has 176 valence electrons. The van der Waals surface area contributed by atoms with Crippen LogP contribution in [0.5, 0.6) is 0 Å². The molecule has 0 bridgehead atoms. The van der Waals surface area contributed by atoms with Crippen molar-refractivity contribution in [2.45, 2.75) is 33.5 Å². The van der Waals surface area contributed by atoms with Crippen LogP contribution in [0.4, 0.5) is 0 Å². The third-order valence-electron chi connectivity index (χ3n) is 6.47. The molecule has 6 nitrogen and oxygen atoms in total. The quantitative estimate of drug-likeness (QED) is 0.423. The van der Waals surface area contributed by atoms with E-state index >= 15 is 0 Å². The first-order valence-corrected chi connectivity index (χ1v) is 11.8. The molecule has 0 spiro atoms. The molecule has 0 radical (unpaired) electrons. The topological polar surface area (TPSA) is 85.4 Å². The number of rotatable bonds is 6. The van der Waals surface area contributed by atoms with Gasteiger partial charge < -0.3 is 10.3 Å². The van der Waals surface area contributed by atoms with Crippen LogP contribution in [-0.4, -0.2) is 21.3 Å². The van der Waals surface area contributed by atoms with Crippen molar-refractivity contribution in [3.05, 3.63) is 106 Å². The minimum absolute atomic E-state index is 0.0823. The van der Waals surface area contributed by atoms with Gasteiger partial charge in [-0.1, -0.05) is 62.4 Å². The maximum Gasteiger partial charge on any atom is 0.261 e. The van der Waals surface area contributed by atoms with Crippen molar-refractivity contribution in [1.82, 2.24) is 9.47 Å². The van der Waals surface area contributed by atoms with Crippen LogP contribution in [0.15, 0.2) is 77.6 Å². The fourth-order valence-electron chi connectivity index (χ4n) is 4.90. The van der Waals surface area contributed by atoms with Gasteiger partial charge in [0.05, 0.1) is 17.7 Å². The van der Waals surface area contributed by atoms with Crippen molar-refractivity contribution in [1.29, 1.82) is 0 Å². The van der Waals surface area contributed by atoms with Gasteiger partial charge >= 0.3 is 0 Å². The summed E-state index contributed by atoms with van der Waals surface area (Å²) in [5, 5.41) is 1.36. The molecule has 3 aromatic carbocycles. The predicted octanol–water partition coefficient (Wildman–Crippen LogP) is 4.58. The Balaban J connectivity index is 1.68. The van der Waals surface area contributed by atoms with E-state index in [9.17, 15) is 14.4 Å². The fourth-order valence-corrected chi connectivity index (χ4v) is 4.90. The number of fused-ring (bicyclic) bond motifs is 2. The lowest BCUT2D eigenvalue weighted by atomic mass is 9.95. The number of aromatic nitrogens is 1. The van der Waals surface area contributed by atoms with Gasteiger partial charge in [-0.05, 0) is 46.7 Å². The van der Waals surface area contributed by atoms with Crippen LogP contribution in [0.2, 0.25) is 0 Å². The first-order chi connectivity index (χ1) is 16.9. The van der Waals surface area contributed by atoms with Gasteiger partial charge in [-0.25, -0.2) is 0 Å². The Morgan fingerprint density at radius 3 is 2.03 bits per heavy atom. The van der Waals surface area contributed by atoms with Crippen LogP contribution >= 0.6 is 0 Å². The molecule has 0 fully saturated rings. The van der Waals surface area contributed by atoms with Crippen molar-refractivity contribution in [3.63, 3.8) is 0 Å². The van der Waals surface area contributed by atoms with E-state index in [4.69, 9.17) is 5.73 Å². The van der Waals surface area contributed by atoms with Crippen molar-refractivity contribution in [2.75, 3.05) is 0 Å². The highest BCUT2D eigenvalue weighted by Gasteiger charge is 2.35. The second-order valence-corrected chi connectivity index (χ2v) is 9.32. The largest absolute Gasteiger partial charge is 0.325 e. The summed E-state index contributed by atoms with van der Waals surface area (Å²) in [4.78, 5) is 40.6. The van der Waals surface area contributed by atoms with Crippen molar-refractivity contribution < 1.29 is 9.59 Å². The Hall–Kier alpha value is -4.03. The van der Waals surface area contributed by atoms with Gasteiger partial charge in [-0.3, -0.25) is 19.3 Å². The summed E-state index contributed by atoms with van der Waals surface area (Å²) in [5.74, 6) is -0.333. The molecule has 2 heterocycles. The molecule has 0 aliphatic carbocycles. The zero-order valence-corrected chi connectivity index (χ0v) is 19.8. The number of carbonyl (C=O) groups excluding carboxylic acids is 2. The number of nitrogens with two attached hydrogens (primary N) is 1. The molecule has 0 saturated carbocycles. The monoisotopic (exact) mass is 465 g/mol. The van der Waals surface area contributed by atoms with E-state index in [1.165, 1.54) is 4.90 Å². The molecule has 5 rings (SSSR count). The highest BCUT2D eigenvalue weighted by Crippen LogP contribution is 2.32. The fraction of sp³-hybridized carbons (Fsp3) is 0.207. The summed E-state index contributed by atoms with van der Waals surface area (Å²) in [6.45, 7) is 5.06. The number of carbonyl (C=O) groups is 2. The van der Waals surface area contributed by atoms with Crippen molar-refractivity contribution >= 4 is 22.6 Å². The van der Waals surface area contributed by atoms with E-state index in [0.717, 1.165) is 27.8 Å². The van der Waals surface area contributed by atoms with E-state index in [2.05, 4.69) is 13.8 Å². The normalized spacial score (nSPS) is 13.2. The summed E-state index contributed by atoms with van der Waals surface area (Å²) in [7, 11) is 0. The van der Waals surface area contributed by atoms with Crippen LogP contribution in [0.3, 0.4) is 0 Å². The Kier molecular flexibility index (Phi) is 5.83. The van der Waals surface area contributed by atoms with E-state index in [-0.39, 0.29) is 36.4 Å². The molecule has 6 heteroatoms. The van der Waals surface area contributed by atoms with Gasteiger partial charge in [0.2, 0.25) is 0 Å². The van der Waals surface area contributed by atoms with Crippen LogP contribution in [0, 0.1) is 5.92 Å².